The van der Waals surface area contributed by atoms with Gasteiger partial charge in [0.2, 0.25) is 0 Å². The molecule has 2 aromatic carbocycles. The lowest BCUT2D eigenvalue weighted by Gasteiger charge is -2.19. The van der Waals surface area contributed by atoms with Crippen molar-refractivity contribution >= 4 is 33.0 Å². The molecule has 0 saturated carbocycles. The van der Waals surface area contributed by atoms with Crippen LogP contribution in [0, 0.1) is 0 Å². The second-order valence-electron chi connectivity index (χ2n) is 6.44. The summed E-state index contributed by atoms with van der Waals surface area (Å²) in [6, 6.07) is 15.6. The van der Waals surface area contributed by atoms with Crippen LogP contribution >= 0.6 is 22.9 Å². The van der Waals surface area contributed by atoms with Crippen molar-refractivity contribution in [2.75, 3.05) is 0 Å². The maximum atomic E-state index is 12.3. The predicted molar refractivity (Wildman–Crippen MR) is 97.2 cm³/mol. The molecule has 1 heterocycles. The molecule has 3 rings (SSSR count). The Hall–Kier alpha value is -1.64. The molecule has 0 saturated heterocycles. The van der Waals surface area contributed by atoms with Crippen molar-refractivity contribution in [3.8, 4) is 10.4 Å². The topological polar surface area (TPSA) is 17.1 Å². The maximum absolute atomic E-state index is 12.3. The molecular formula is C19H17ClOS. The van der Waals surface area contributed by atoms with Gasteiger partial charge in [0.25, 0.3) is 0 Å². The predicted octanol–water partition coefficient (Wildman–Crippen LogP) is 5.88. The van der Waals surface area contributed by atoms with Gasteiger partial charge in [0, 0.05) is 26.1 Å². The Kier molecular flexibility index (Phi) is 3.84. The highest BCUT2D eigenvalue weighted by atomic mass is 35.5. The van der Waals surface area contributed by atoms with E-state index in [1.807, 2.05) is 6.07 Å². The van der Waals surface area contributed by atoms with E-state index in [0.717, 1.165) is 20.5 Å². The third-order valence-corrected chi connectivity index (χ3v) is 5.09. The molecule has 3 aromatic rings. The molecule has 0 aliphatic rings. The first-order chi connectivity index (χ1) is 10.3. The van der Waals surface area contributed by atoms with E-state index in [1.165, 1.54) is 5.56 Å². The number of rotatable bonds is 1. The highest BCUT2D eigenvalue weighted by Gasteiger charge is 2.13. The van der Waals surface area contributed by atoms with E-state index in [9.17, 15) is 4.79 Å². The Morgan fingerprint density at radius 3 is 2.27 bits per heavy atom. The normalized spacial score (nSPS) is 11.8. The van der Waals surface area contributed by atoms with Gasteiger partial charge in [0.15, 0.2) is 5.43 Å². The number of fused-ring (bicyclic) bond motifs is 1. The second-order valence-corrected chi connectivity index (χ2v) is 7.96. The Morgan fingerprint density at radius 2 is 1.64 bits per heavy atom. The summed E-state index contributed by atoms with van der Waals surface area (Å²) < 4.78 is 0.926. The van der Waals surface area contributed by atoms with Crippen LogP contribution in [0.1, 0.15) is 26.3 Å². The fourth-order valence-corrected chi connectivity index (χ4v) is 3.76. The summed E-state index contributed by atoms with van der Waals surface area (Å²) in [7, 11) is 0. The molecule has 0 unspecified atom stereocenters. The van der Waals surface area contributed by atoms with Crippen molar-refractivity contribution in [1.82, 2.24) is 0 Å². The van der Waals surface area contributed by atoms with Crippen LogP contribution in [0.15, 0.2) is 53.3 Å². The Labute approximate surface area is 139 Å². The minimum atomic E-state index is 0.0420. The third-order valence-electron chi connectivity index (χ3n) is 3.73. The first-order valence-electron chi connectivity index (χ1n) is 7.19. The zero-order valence-electron chi connectivity index (χ0n) is 12.8. The Balaban J connectivity index is 2.12. The number of hydrogen-bond donors (Lipinski definition) is 0. The van der Waals surface area contributed by atoms with Gasteiger partial charge in [-0.05, 0) is 34.7 Å². The van der Waals surface area contributed by atoms with Gasteiger partial charge in [-0.2, -0.15) is 0 Å². The second kappa shape index (κ2) is 5.53. The maximum Gasteiger partial charge on any atom is 0.188 e. The van der Waals surface area contributed by atoms with Crippen molar-refractivity contribution < 1.29 is 0 Å². The summed E-state index contributed by atoms with van der Waals surface area (Å²) in [6.45, 7) is 6.58. The van der Waals surface area contributed by atoms with Crippen molar-refractivity contribution in [3.63, 3.8) is 0 Å². The van der Waals surface area contributed by atoms with Crippen molar-refractivity contribution in [3.05, 3.63) is 69.3 Å². The van der Waals surface area contributed by atoms with Gasteiger partial charge in [-0.3, -0.25) is 4.79 Å². The van der Waals surface area contributed by atoms with E-state index >= 15 is 0 Å². The molecule has 0 spiro atoms. The first kappa shape index (κ1) is 15.3. The zero-order valence-corrected chi connectivity index (χ0v) is 14.4. The van der Waals surface area contributed by atoms with Crippen molar-refractivity contribution in [2.24, 2.45) is 0 Å². The molecule has 3 heteroatoms. The lowest BCUT2D eigenvalue weighted by atomic mass is 9.86. The number of benzene rings is 2. The van der Waals surface area contributed by atoms with Crippen LogP contribution in [0.4, 0.5) is 0 Å². The highest BCUT2D eigenvalue weighted by molar-refractivity contribution is 7.21. The molecule has 0 atom stereocenters. The monoisotopic (exact) mass is 328 g/mol. The molecule has 0 aliphatic carbocycles. The molecule has 0 radical (unpaired) electrons. The van der Waals surface area contributed by atoms with Crippen molar-refractivity contribution in [2.45, 2.75) is 26.2 Å². The van der Waals surface area contributed by atoms with Crippen LogP contribution in [0.3, 0.4) is 0 Å². The van der Waals surface area contributed by atoms with Crippen LogP contribution in [0.2, 0.25) is 5.02 Å². The van der Waals surface area contributed by atoms with Crippen LogP contribution in [0.5, 0.6) is 0 Å². The van der Waals surface area contributed by atoms with Gasteiger partial charge in [0.05, 0.1) is 0 Å². The lowest BCUT2D eigenvalue weighted by Crippen LogP contribution is -2.10. The van der Waals surface area contributed by atoms with Crippen LogP contribution in [-0.4, -0.2) is 0 Å². The van der Waals surface area contributed by atoms with E-state index in [2.05, 4.69) is 45.0 Å². The zero-order chi connectivity index (χ0) is 15.9. The minimum Gasteiger partial charge on any atom is -0.289 e. The summed E-state index contributed by atoms with van der Waals surface area (Å²) in [5.74, 6) is 0. The SMILES string of the molecule is CC(C)(C)c1ccc(-c2cc(=O)c3ccc(Cl)cc3s2)cc1. The molecule has 0 fully saturated rings. The summed E-state index contributed by atoms with van der Waals surface area (Å²) in [5, 5.41) is 1.38. The first-order valence-corrected chi connectivity index (χ1v) is 8.38. The van der Waals surface area contributed by atoms with Gasteiger partial charge in [-0.1, -0.05) is 56.6 Å². The summed E-state index contributed by atoms with van der Waals surface area (Å²) >= 11 is 7.64. The average Bonchev–Trinajstić information content (AvgIpc) is 2.46. The minimum absolute atomic E-state index is 0.0420. The molecule has 22 heavy (non-hydrogen) atoms. The summed E-state index contributed by atoms with van der Waals surface area (Å²) in [4.78, 5) is 13.2. The average molecular weight is 329 g/mol. The summed E-state index contributed by atoms with van der Waals surface area (Å²) in [6.07, 6.45) is 0. The van der Waals surface area contributed by atoms with Gasteiger partial charge in [0.1, 0.15) is 0 Å². The lowest BCUT2D eigenvalue weighted by molar-refractivity contribution is 0.590. The van der Waals surface area contributed by atoms with Gasteiger partial charge in [-0.15, -0.1) is 11.3 Å². The standard InChI is InChI=1S/C19H17ClOS/c1-19(2,3)13-6-4-12(5-7-13)17-11-16(21)15-9-8-14(20)10-18(15)22-17/h4-11H,1-3H3. The van der Waals surface area contributed by atoms with Gasteiger partial charge in [-0.25, -0.2) is 0 Å². The van der Waals surface area contributed by atoms with Crippen LogP contribution in [-0.2, 0) is 5.41 Å². The van der Waals surface area contributed by atoms with E-state index < -0.39 is 0 Å². The van der Waals surface area contributed by atoms with Gasteiger partial charge >= 0.3 is 0 Å². The number of halogens is 1. The fraction of sp³-hybridized carbons (Fsp3) is 0.211. The molecule has 1 aromatic heterocycles. The number of hydrogen-bond acceptors (Lipinski definition) is 2. The molecule has 0 aliphatic heterocycles. The van der Waals surface area contributed by atoms with Crippen LogP contribution in [0.25, 0.3) is 20.5 Å². The molecule has 0 N–H and O–H groups in total. The smallest absolute Gasteiger partial charge is 0.188 e. The molecule has 0 amide bonds. The fourth-order valence-electron chi connectivity index (χ4n) is 2.41. The summed E-state index contributed by atoms with van der Waals surface area (Å²) in [5.41, 5.74) is 2.52. The van der Waals surface area contributed by atoms with E-state index in [-0.39, 0.29) is 10.8 Å². The quantitative estimate of drug-likeness (QED) is 0.545. The molecular weight excluding hydrogens is 312 g/mol. The van der Waals surface area contributed by atoms with Gasteiger partial charge < -0.3 is 0 Å². The highest BCUT2D eigenvalue weighted by Crippen LogP contribution is 2.31. The van der Waals surface area contributed by atoms with Crippen molar-refractivity contribution in [1.29, 1.82) is 0 Å². The van der Waals surface area contributed by atoms with E-state index in [4.69, 9.17) is 11.6 Å². The third kappa shape index (κ3) is 2.94. The van der Waals surface area contributed by atoms with Crippen LogP contribution < -0.4 is 5.43 Å². The Morgan fingerprint density at radius 1 is 0.955 bits per heavy atom. The van der Waals surface area contributed by atoms with E-state index in [0.29, 0.717) is 5.02 Å². The Bertz CT molecular complexity index is 886. The molecule has 0 bridgehead atoms. The largest absolute Gasteiger partial charge is 0.289 e. The van der Waals surface area contributed by atoms with E-state index in [1.54, 1.807) is 29.5 Å². The molecule has 112 valence electrons. The molecule has 1 nitrogen and oxygen atoms in total.